The van der Waals surface area contributed by atoms with Crippen molar-refractivity contribution in [1.29, 1.82) is 0 Å². The number of hydrogen-bond donors (Lipinski definition) is 2. The number of nitrogens with zero attached hydrogens (tertiary/aromatic N) is 2. The van der Waals surface area contributed by atoms with Crippen LogP contribution in [-0.4, -0.2) is 75.8 Å². The number of carboxylic acid groups (broad SMARTS) is 1. The van der Waals surface area contributed by atoms with E-state index < -0.39 is 18.1 Å². The lowest BCUT2D eigenvalue weighted by Crippen LogP contribution is -2.50. The van der Waals surface area contributed by atoms with Crippen LogP contribution in [0.4, 0.5) is 4.79 Å². The molecule has 0 spiro atoms. The molecule has 1 unspecified atom stereocenters. The van der Waals surface area contributed by atoms with E-state index in [-0.39, 0.29) is 25.0 Å². The maximum absolute atomic E-state index is 12.3. The number of carboxylic acids is 1. The van der Waals surface area contributed by atoms with Crippen LogP contribution in [0.2, 0.25) is 0 Å². The zero-order chi connectivity index (χ0) is 14.6. The van der Waals surface area contributed by atoms with E-state index in [1.165, 1.54) is 4.90 Å². The van der Waals surface area contributed by atoms with Crippen LogP contribution >= 0.6 is 11.8 Å². The van der Waals surface area contributed by atoms with Crippen molar-refractivity contribution in [1.82, 2.24) is 9.80 Å². The summed E-state index contributed by atoms with van der Waals surface area (Å²) in [5, 5.41) is 18.7. The van der Waals surface area contributed by atoms with Gasteiger partial charge >= 0.3 is 12.0 Å². The van der Waals surface area contributed by atoms with Gasteiger partial charge in [0.05, 0.1) is 6.10 Å². The van der Waals surface area contributed by atoms with Crippen molar-refractivity contribution in [3.8, 4) is 0 Å². The number of likely N-dealkylation sites (tertiary alicyclic amines) is 1. The summed E-state index contributed by atoms with van der Waals surface area (Å²) in [6, 6.07) is -1.16. The summed E-state index contributed by atoms with van der Waals surface area (Å²) in [7, 11) is 1.69. The minimum atomic E-state index is -1.06. The van der Waals surface area contributed by atoms with Crippen LogP contribution in [0, 0.1) is 0 Å². The molecule has 2 N–H and O–H groups in total. The Kier molecular flexibility index (Phi) is 5.93. The highest BCUT2D eigenvalue weighted by Crippen LogP contribution is 2.21. The lowest BCUT2D eigenvalue weighted by molar-refractivity contribution is -0.141. The van der Waals surface area contributed by atoms with E-state index in [0.29, 0.717) is 0 Å². The molecular weight excluding hydrogens is 268 g/mol. The van der Waals surface area contributed by atoms with Crippen LogP contribution in [0.5, 0.6) is 0 Å². The van der Waals surface area contributed by atoms with Crippen molar-refractivity contribution in [2.24, 2.45) is 0 Å². The molecule has 1 aliphatic rings. The molecule has 3 atom stereocenters. The van der Waals surface area contributed by atoms with Crippen LogP contribution in [-0.2, 0) is 4.79 Å². The van der Waals surface area contributed by atoms with Crippen molar-refractivity contribution in [3.63, 3.8) is 0 Å². The second kappa shape index (κ2) is 7.00. The summed E-state index contributed by atoms with van der Waals surface area (Å²) in [6.45, 7) is 2.09. The molecule has 6 nitrogen and oxygen atoms in total. The van der Waals surface area contributed by atoms with Gasteiger partial charge in [-0.05, 0) is 12.7 Å². The average molecular weight is 290 g/mol. The lowest BCUT2D eigenvalue weighted by atomic mass is 10.2. The molecule has 1 aliphatic heterocycles. The highest BCUT2D eigenvalue weighted by atomic mass is 32.2. The van der Waals surface area contributed by atoms with Crippen LogP contribution in [0.15, 0.2) is 0 Å². The molecule has 7 heteroatoms. The highest BCUT2D eigenvalue weighted by molar-refractivity contribution is 7.98. The van der Waals surface area contributed by atoms with Crippen molar-refractivity contribution in [3.05, 3.63) is 0 Å². The van der Waals surface area contributed by atoms with E-state index in [2.05, 4.69) is 0 Å². The topological polar surface area (TPSA) is 81.1 Å². The van der Waals surface area contributed by atoms with Crippen LogP contribution in [0.25, 0.3) is 0 Å². The molecule has 1 saturated heterocycles. The minimum absolute atomic E-state index is 0.0784. The lowest BCUT2D eigenvalue weighted by Gasteiger charge is -2.32. The van der Waals surface area contributed by atoms with E-state index in [1.807, 2.05) is 13.2 Å². The number of β-amino-alcohol motifs (C(OH)–C–C–N with tert-alkyl or cyclic N) is 1. The van der Waals surface area contributed by atoms with E-state index in [9.17, 15) is 14.7 Å². The van der Waals surface area contributed by atoms with Crippen molar-refractivity contribution >= 4 is 23.8 Å². The van der Waals surface area contributed by atoms with E-state index in [1.54, 1.807) is 23.7 Å². The summed E-state index contributed by atoms with van der Waals surface area (Å²) >= 11 is 1.65. The average Bonchev–Trinajstić information content (AvgIpc) is 2.76. The van der Waals surface area contributed by atoms with Crippen molar-refractivity contribution in [2.45, 2.75) is 38.0 Å². The third-order valence-corrected chi connectivity index (χ3v) is 4.21. The van der Waals surface area contributed by atoms with Gasteiger partial charge in [0.15, 0.2) is 0 Å². The molecule has 1 fully saturated rings. The molecule has 2 amide bonds. The molecule has 1 heterocycles. The predicted molar refractivity (Wildman–Crippen MR) is 74.4 cm³/mol. The predicted octanol–water partition coefficient (Wildman–Crippen LogP) is 0.700. The molecule has 0 aromatic rings. The number of rotatable bonds is 5. The molecule has 0 radical (unpaired) electrons. The van der Waals surface area contributed by atoms with Crippen molar-refractivity contribution < 1.29 is 19.8 Å². The summed E-state index contributed by atoms with van der Waals surface area (Å²) in [5.41, 5.74) is 0. The molecule has 0 aromatic carbocycles. The van der Waals surface area contributed by atoms with Crippen molar-refractivity contribution in [2.75, 3.05) is 25.6 Å². The van der Waals surface area contributed by atoms with Gasteiger partial charge in [-0.3, -0.25) is 0 Å². The highest BCUT2D eigenvalue weighted by Gasteiger charge is 2.40. The smallest absolute Gasteiger partial charge is 0.326 e. The number of urea groups is 1. The second-order valence-electron chi connectivity index (χ2n) is 4.81. The maximum atomic E-state index is 12.3. The Bertz CT molecular complexity index is 340. The molecule has 0 aliphatic carbocycles. The zero-order valence-electron chi connectivity index (χ0n) is 11.6. The molecular formula is C12H22N2O4S. The normalized spacial score (nSPS) is 24.3. The first-order chi connectivity index (χ1) is 8.92. The van der Waals surface area contributed by atoms with E-state index in [0.717, 1.165) is 12.2 Å². The fourth-order valence-corrected chi connectivity index (χ4v) is 3.16. The standard InChI is InChI=1S/C12H22N2O4S/c1-4-8(7-19-3)13(2)12(18)14-6-9(15)5-10(14)11(16)17/h8-10,15H,4-7H2,1-3H3,(H,16,17)/t8?,9-,10-/m1/s1. The summed E-state index contributed by atoms with van der Waals surface area (Å²) in [4.78, 5) is 26.3. The minimum Gasteiger partial charge on any atom is -0.480 e. The van der Waals surface area contributed by atoms with Gasteiger partial charge in [-0.25, -0.2) is 9.59 Å². The number of aliphatic hydroxyl groups is 1. The second-order valence-corrected chi connectivity index (χ2v) is 5.72. The Hall–Kier alpha value is -0.950. The number of thioether (sulfide) groups is 1. The third kappa shape index (κ3) is 3.76. The number of aliphatic hydroxyl groups excluding tert-OH is 1. The molecule has 110 valence electrons. The number of carbonyl (C=O) groups excluding carboxylic acids is 1. The van der Waals surface area contributed by atoms with Gasteiger partial charge in [-0.15, -0.1) is 0 Å². The largest absolute Gasteiger partial charge is 0.480 e. The zero-order valence-corrected chi connectivity index (χ0v) is 12.4. The molecule has 1 rings (SSSR count). The van der Waals surface area contributed by atoms with Gasteiger partial charge in [0.1, 0.15) is 6.04 Å². The number of carbonyl (C=O) groups is 2. The van der Waals surface area contributed by atoms with Gasteiger partial charge in [-0.2, -0.15) is 11.8 Å². The van der Waals surface area contributed by atoms with Crippen LogP contribution in [0.3, 0.4) is 0 Å². The first-order valence-electron chi connectivity index (χ1n) is 6.35. The number of amides is 2. The van der Waals surface area contributed by atoms with E-state index in [4.69, 9.17) is 5.11 Å². The first kappa shape index (κ1) is 16.1. The quantitative estimate of drug-likeness (QED) is 0.779. The molecule has 0 bridgehead atoms. The van der Waals surface area contributed by atoms with Crippen LogP contribution < -0.4 is 0 Å². The van der Waals surface area contributed by atoms with E-state index >= 15 is 0 Å². The Labute approximate surface area is 117 Å². The first-order valence-corrected chi connectivity index (χ1v) is 7.74. The fourth-order valence-electron chi connectivity index (χ4n) is 2.31. The Morgan fingerprint density at radius 2 is 2.16 bits per heavy atom. The van der Waals surface area contributed by atoms with Gasteiger partial charge in [0.2, 0.25) is 0 Å². The summed E-state index contributed by atoms with van der Waals surface area (Å²) in [6.07, 6.45) is 2.14. The molecule has 0 saturated carbocycles. The number of aliphatic carboxylic acids is 1. The molecule has 19 heavy (non-hydrogen) atoms. The fraction of sp³-hybridized carbons (Fsp3) is 0.833. The summed E-state index contributed by atoms with van der Waals surface area (Å²) < 4.78 is 0. The van der Waals surface area contributed by atoms with Gasteiger partial charge in [0, 0.05) is 31.8 Å². The monoisotopic (exact) mass is 290 g/mol. The van der Waals surface area contributed by atoms with Gasteiger partial charge < -0.3 is 20.0 Å². The Morgan fingerprint density at radius 1 is 1.53 bits per heavy atom. The Balaban J connectivity index is 2.77. The maximum Gasteiger partial charge on any atom is 0.326 e. The molecule has 0 aromatic heterocycles. The third-order valence-electron chi connectivity index (χ3n) is 3.49. The SMILES string of the molecule is CCC(CSC)N(C)C(=O)N1C[C@H](O)C[C@@H]1C(=O)O. The summed E-state index contributed by atoms with van der Waals surface area (Å²) in [5.74, 6) is -0.247. The van der Waals surface area contributed by atoms with Crippen LogP contribution in [0.1, 0.15) is 19.8 Å². The van der Waals surface area contributed by atoms with Gasteiger partial charge in [-0.1, -0.05) is 6.92 Å². The Morgan fingerprint density at radius 3 is 2.63 bits per heavy atom. The van der Waals surface area contributed by atoms with Gasteiger partial charge in [0.25, 0.3) is 0 Å². The number of hydrogen-bond acceptors (Lipinski definition) is 4.